The molecule has 94 valence electrons. The van der Waals surface area contributed by atoms with E-state index in [1.165, 1.54) is 11.5 Å². The smallest absolute Gasteiger partial charge is 0.323 e. The van der Waals surface area contributed by atoms with Crippen molar-refractivity contribution in [3.05, 3.63) is 5.82 Å². The van der Waals surface area contributed by atoms with Crippen molar-refractivity contribution < 1.29 is 9.90 Å². The Morgan fingerprint density at radius 2 is 2.53 bits per heavy atom. The van der Waals surface area contributed by atoms with E-state index in [0.29, 0.717) is 24.6 Å². The largest absolute Gasteiger partial charge is 0.391 e. The second kappa shape index (κ2) is 5.42. The highest BCUT2D eigenvalue weighted by atomic mass is 32.1. The minimum atomic E-state index is -0.397. The van der Waals surface area contributed by atoms with Gasteiger partial charge in [-0.05, 0) is 12.8 Å². The van der Waals surface area contributed by atoms with Gasteiger partial charge in [0.05, 0.1) is 6.10 Å². The van der Waals surface area contributed by atoms with Gasteiger partial charge in [0, 0.05) is 31.0 Å². The number of aliphatic hydroxyl groups excluding tert-OH is 1. The summed E-state index contributed by atoms with van der Waals surface area (Å²) in [5.41, 5.74) is 0. The number of hydrogen-bond donors (Lipinski definition) is 2. The number of carbonyl (C=O) groups is 1. The highest BCUT2D eigenvalue weighted by molar-refractivity contribution is 7.09. The number of likely N-dealkylation sites (tertiary alicyclic amines) is 1. The second-order valence-corrected chi connectivity index (χ2v) is 4.84. The molecule has 17 heavy (non-hydrogen) atoms. The lowest BCUT2D eigenvalue weighted by Crippen LogP contribution is -2.33. The zero-order valence-corrected chi connectivity index (χ0v) is 10.5. The fourth-order valence-corrected chi connectivity index (χ4v) is 2.33. The minimum absolute atomic E-state index is 0.208. The molecule has 1 saturated heterocycles. The molecule has 6 nitrogen and oxygen atoms in total. The van der Waals surface area contributed by atoms with E-state index in [9.17, 15) is 9.90 Å². The summed E-state index contributed by atoms with van der Waals surface area (Å²) < 4.78 is 4.15. The number of amides is 2. The van der Waals surface area contributed by atoms with Crippen LogP contribution >= 0.6 is 11.5 Å². The summed E-state index contributed by atoms with van der Waals surface area (Å²) in [5.74, 6) is 0.772. The Balaban J connectivity index is 1.89. The lowest BCUT2D eigenvalue weighted by atomic mass is 10.3. The second-order valence-electron chi connectivity index (χ2n) is 4.08. The van der Waals surface area contributed by atoms with Crippen LogP contribution in [0.3, 0.4) is 0 Å². The SMILES string of the molecule is CCCc1nsc(NC(=O)N2CCC(O)C2)n1. The zero-order chi connectivity index (χ0) is 12.3. The van der Waals surface area contributed by atoms with E-state index in [-0.39, 0.29) is 6.03 Å². The van der Waals surface area contributed by atoms with E-state index < -0.39 is 6.10 Å². The third-order valence-electron chi connectivity index (χ3n) is 2.61. The molecule has 1 aliphatic heterocycles. The van der Waals surface area contributed by atoms with E-state index in [1.54, 1.807) is 4.90 Å². The fourth-order valence-electron chi connectivity index (χ4n) is 1.73. The van der Waals surface area contributed by atoms with E-state index >= 15 is 0 Å². The third-order valence-corrected chi connectivity index (χ3v) is 3.27. The van der Waals surface area contributed by atoms with Crippen LogP contribution in [-0.2, 0) is 6.42 Å². The van der Waals surface area contributed by atoms with E-state index in [4.69, 9.17) is 0 Å². The molecule has 0 radical (unpaired) electrons. The number of carbonyl (C=O) groups excluding carboxylic acids is 1. The number of rotatable bonds is 3. The topological polar surface area (TPSA) is 78.4 Å². The fraction of sp³-hybridized carbons (Fsp3) is 0.700. The first kappa shape index (κ1) is 12.3. The molecule has 0 saturated carbocycles. The number of aryl methyl sites for hydroxylation is 1. The van der Waals surface area contributed by atoms with Gasteiger partial charge in [-0.3, -0.25) is 5.32 Å². The van der Waals surface area contributed by atoms with Crippen LogP contribution in [-0.4, -0.2) is 44.6 Å². The molecule has 0 aromatic carbocycles. The molecule has 2 amide bonds. The zero-order valence-electron chi connectivity index (χ0n) is 9.72. The number of anilines is 1. The van der Waals surface area contributed by atoms with Gasteiger partial charge in [0.25, 0.3) is 0 Å². The number of β-amino-alcohol motifs (C(OH)–C–C–N with tert-alkyl or cyclic N) is 1. The molecule has 0 aliphatic carbocycles. The van der Waals surface area contributed by atoms with Gasteiger partial charge in [0.15, 0.2) is 0 Å². The summed E-state index contributed by atoms with van der Waals surface area (Å²) >= 11 is 1.20. The van der Waals surface area contributed by atoms with Crippen LogP contribution in [0.25, 0.3) is 0 Å². The van der Waals surface area contributed by atoms with E-state index in [1.807, 2.05) is 0 Å². The number of urea groups is 1. The molecule has 2 heterocycles. The molecule has 0 spiro atoms. The normalized spacial score (nSPS) is 19.6. The van der Waals surface area contributed by atoms with Gasteiger partial charge >= 0.3 is 6.03 Å². The maximum atomic E-state index is 11.8. The summed E-state index contributed by atoms with van der Waals surface area (Å²) in [5, 5.41) is 12.6. The first-order valence-corrected chi connectivity index (χ1v) is 6.53. The van der Waals surface area contributed by atoms with Crippen molar-refractivity contribution >= 4 is 22.7 Å². The molecule has 0 bridgehead atoms. The van der Waals surface area contributed by atoms with Crippen molar-refractivity contribution in [1.29, 1.82) is 0 Å². The van der Waals surface area contributed by atoms with E-state index in [0.717, 1.165) is 18.7 Å². The lowest BCUT2D eigenvalue weighted by Gasteiger charge is -2.14. The number of hydrogen-bond acceptors (Lipinski definition) is 5. The van der Waals surface area contributed by atoms with Crippen LogP contribution in [0.1, 0.15) is 25.6 Å². The monoisotopic (exact) mass is 256 g/mol. The maximum absolute atomic E-state index is 11.8. The molecule has 1 aromatic rings. The average Bonchev–Trinajstić information content (AvgIpc) is 2.88. The summed E-state index contributed by atoms with van der Waals surface area (Å²) in [7, 11) is 0. The molecule has 7 heteroatoms. The van der Waals surface area contributed by atoms with Crippen LogP contribution in [0, 0.1) is 0 Å². The number of nitrogens with one attached hydrogen (secondary N) is 1. The first-order chi connectivity index (χ1) is 8.19. The highest BCUT2D eigenvalue weighted by Crippen LogP contribution is 2.15. The van der Waals surface area contributed by atoms with Gasteiger partial charge in [-0.1, -0.05) is 6.92 Å². The Kier molecular flexibility index (Phi) is 3.90. The molecule has 1 unspecified atom stereocenters. The Hall–Kier alpha value is -1.21. The molecule has 1 atom stereocenters. The standard InChI is InChI=1S/C10H16N4O2S/c1-2-3-8-11-9(17-13-8)12-10(16)14-5-4-7(15)6-14/h7,15H,2-6H2,1H3,(H,11,12,13,16). The van der Waals surface area contributed by atoms with Gasteiger partial charge < -0.3 is 10.0 Å². The summed E-state index contributed by atoms with van der Waals surface area (Å²) in [6.07, 6.45) is 2.06. The molecule has 1 aliphatic rings. The minimum Gasteiger partial charge on any atom is -0.391 e. The Morgan fingerprint density at radius 3 is 3.18 bits per heavy atom. The molecular formula is C10H16N4O2S. The van der Waals surface area contributed by atoms with Crippen molar-refractivity contribution in [1.82, 2.24) is 14.3 Å². The molecule has 2 rings (SSSR count). The predicted octanol–water partition coefficient (Wildman–Crippen LogP) is 1.09. The van der Waals surface area contributed by atoms with Crippen molar-refractivity contribution in [2.75, 3.05) is 18.4 Å². The summed E-state index contributed by atoms with van der Waals surface area (Å²) in [4.78, 5) is 17.6. The number of nitrogens with zero attached hydrogens (tertiary/aromatic N) is 3. The molecular weight excluding hydrogens is 240 g/mol. The van der Waals surface area contributed by atoms with Crippen molar-refractivity contribution in [2.24, 2.45) is 0 Å². The summed E-state index contributed by atoms with van der Waals surface area (Å²) in [6, 6.07) is -0.208. The Labute approximate surface area is 104 Å². The van der Waals surface area contributed by atoms with Crippen LogP contribution in [0.15, 0.2) is 0 Å². The first-order valence-electron chi connectivity index (χ1n) is 5.75. The van der Waals surface area contributed by atoms with Gasteiger partial charge in [-0.25, -0.2) is 9.78 Å². The molecule has 1 aromatic heterocycles. The molecule has 1 fully saturated rings. The van der Waals surface area contributed by atoms with Crippen LogP contribution in [0.4, 0.5) is 9.93 Å². The number of aromatic nitrogens is 2. The van der Waals surface area contributed by atoms with Crippen LogP contribution in [0.5, 0.6) is 0 Å². The van der Waals surface area contributed by atoms with Crippen molar-refractivity contribution in [3.63, 3.8) is 0 Å². The van der Waals surface area contributed by atoms with Crippen molar-refractivity contribution in [2.45, 2.75) is 32.3 Å². The van der Waals surface area contributed by atoms with Crippen LogP contribution < -0.4 is 5.32 Å². The van der Waals surface area contributed by atoms with Gasteiger partial charge in [0.2, 0.25) is 5.13 Å². The average molecular weight is 256 g/mol. The Morgan fingerprint density at radius 1 is 1.71 bits per heavy atom. The number of aliphatic hydroxyl groups is 1. The van der Waals surface area contributed by atoms with Crippen molar-refractivity contribution in [3.8, 4) is 0 Å². The summed E-state index contributed by atoms with van der Waals surface area (Å²) in [6.45, 7) is 3.05. The molecule has 2 N–H and O–H groups in total. The third kappa shape index (κ3) is 3.13. The Bertz CT molecular complexity index is 395. The van der Waals surface area contributed by atoms with Gasteiger partial charge in [-0.15, -0.1) is 0 Å². The van der Waals surface area contributed by atoms with E-state index in [2.05, 4.69) is 21.6 Å². The lowest BCUT2D eigenvalue weighted by molar-refractivity contribution is 0.176. The highest BCUT2D eigenvalue weighted by Gasteiger charge is 2.25. The van der Waals surface area contributed by atoms with Crippen LogP contribution in [0.2, 0.25) is 0 Å². The quantitative estimate of drug-likeness (QED) is 0.848. The van der Waals surface area contributed by atoms with Gasteiger partial charge in [0.1, 0.15) is 5.82 Å². The van der Waals surface area contributed by atoms with Gasteiger partial charge in [-0.2, -0.15) is 4.37 Å². The predicted molar refractivity (Wildman–Crippen MR) is 65.1 cm³/mol. The maximum Gasteiger partial charge on any atom is 0.323 e.